The monoisotopic (exact) mass is 226 g/mol. The van der Waals surface area contributed by atoms with Gasteiger partial charge in [0.25, 0.3) is 0 Å². The summed E-state index contributed by atoms with van der Waals surface area (Å²) in [6, 6.07) is 0. The van der Waals surface area contributed by atoms with Crippen molar-refractivity contribution < 1.29 is 9.59 Å². The molecule has 0 unspecified atom stereocenters. The molecule has 4 heteroatoms. The molecular weight excluding hydrogens is 204 g/mol. The van der Waals surface area contributed by atoms with E-state index in [0.717, 1.165) is 32.4 Å². The summed E-state index contributed by atoms with van der Waals surface area (Å²) >= 11 is 0. The molecule has 0 radical (unpaired) electrons. The molecule has 1 heterocycles. The van der Waals surface area contributed by atoms with Crippen molar-refractivity contribution in [1.29, 1.82) is 0 Å². The summed E-state index contributed by atoms with van der Waals surface area (Å²) in [6.45, 7) is 6.53. The van der Waals surface area contributed by atoms with E-state index in [1.54, 1.807) is 4.90 Å². The number of rotatable bonds is 5. The summed E-state index contributed by atoms with van der Waals surface area (Å²) in [5.74, 6) is 0.409. The van der Waals surface area contributed by atoms with Crippen LogP contribution in [-0.2, 0) is 9.59 Å². The van der Waals surface area contributed by atoms with Crippen LogP contribution in [0.25, 0.3) is 0 Å². The van der Waals surface area contributed by atoms with Crippen LogP contribution < -0.4 is 5.32 Å². The van der Waals surface area contributed by atoms with Gasteiger partial charge in [-0.2, -0.15) is 0 Å². The molecule has 1 aliphatic heterocycles. The van der Waals surface area contributed by atoms with E-state index in [2.05, 4.69) is 19.2 Å². The fraction of sp³-hybridized carbons (Fsp3) is 0.833. The second-order valence-corrected chi connectivity index (χ2v) is 4.80. The van der Waals surface area contributed by atoms with Crippen LogP contribution in [0.1, 0.15) is 39.5 Å². The fourth-order valence-electron chi connectivity index (χ4n) is 1.78. The Morgan fingerprint density at radius 2 is 1.88 bits per heavy atom. The van der Waals surface area contributed by atoms with Crippen LogP contribution in [0.3, 0.4) is 0 Å². The van der Waals surface area contributed by atoms with Gasteiger partial charge in [0.2, 0.25) is 11.8 Å². The average Bonchev–Trinajstić information content (AvgIpc) is 2.69. The topological polar surface area (TPSA) is 49.4 Å². The normalized spacial score (nSPS) is 15.6. The Morgan fingerprint density at radius 1 is 1.25 bits per heavy atom. The number of nitrogens with zero attached hydrogens (tertiary/aromatic N) is 1. The van der Waals surface area contributed by atoms with Crippen LogP contribution in [0.4, 0.5) is 0 Å². The zero-order valence-electron chi connectivity index (χ0n) is 10.3. The Kier molecular flexibility index (Phi) is 5.29. The van der Waals surface area contributed by atoms with Gasteiger partial charge in [-0.05, 0) is 25.2 Å². The molecule has 1 N–H and O–H groups in total. The minimum atomic E-state index is -0.141. The molecule has 4 nitrogen and oxygen atoms in total. The van der Waals surface area contributed by atoms with E-state index in [-0.39, 0.29) is 18.2 Å². The summed E-state index contributed by atoms with van der Waals surface area (Å²) in [6.07, 6.45) is 3.11. The fourth-order valence-corrected chi connectivity index (χ4v) is 1.78. The summed E-state index contributed by atoms with van der Waals surface area (Å²) in [7, 11) is 0. The van der Waals surface area contributed by atoms with Gasteiger partial charge in [0, 0.05) is 19.6 Å². The van der Waals surface area contributed by atoms with Crippen LogP contribution in [0.15, 0.2) is 0 Å². The molecule has 0 aromatic carbocycles. The van der Waals surface area contributed by atoms with Crippen LogP contribution >= 0.6 is 0 Å². The molecule has 0 saturated carbocycles. The number of likely N-dealkylation sites (tertiary alicyclic amines) is 1. The first-order valence-electron chi connectivity index (χ1n) is 6.14. The van der Waals surface area contributed by atoms with Crippen molar-refractivity contribution in [1.82, 2.24) is 10.2 Å². The maximum atomic E-state index is 11.6. The Bertz CT molecular complexity index is 245. The van der Waals surface area contributed by atoms with E-state index in [1.807, 2.05) is 0 Å². The molecule has 1 fully saturated rings. The largest absolute Gasteiger partial charge is 0.356 e. The first-order chi connectivity index (χ1) is 7.59. The SMILES string of the molecule is CC(C)CCNC(=O)CC(=O)N1CCCC1. The Labute approximate surface area is 97.4 Å². The number of carbonyl (C=O) groups is 2. The predicted molar refractivity (Wildman–Crippen MR) is 62.9 cm³/mol. The molecule has 0 aromatic rings. The van der Waals surface area contributed by atoms with Gasteiger partial charge >= 0.3 is 0 Å². The van der Waals surface area contributed by atoms with Gasteiger partial charge < -0.3 is 10.2 Å². The molecule has 92 valence electrons. The molecule has 1 saturated heterocycles. The lowest BCUT2D eigenvalue weighted by atomic mass is 10.1. The van der Waals surface area contributed by atoms with Crippen molar-refractivity contribution in [3.63, 3.8) is 0 Å². The highest BCUT2D eigenvalue weighted by molar-refractivity contribution is 5.96. The summed E-state index contributed by atoms with van der Waals surface area (Å²) in [5, 5.41) is 2.78. The Hall–Kier alpha value is -1.06. The van der Waals surface area contributed by atoms with Gasteiger partial charge in [-0.15, -0.1) is 0 Å². The van der Waals surface area contributed by atoms with Crippen molar-refractivity contribution in [3.05, 3.63) is 0 Å². The van der Waals surface area contributed by atoms with E-state index in [4.69, 9.17) is 0 Å². The lowest BCUT2D eigenvalue weighted by Gasteiger charge is -2.14. The van der Waals surface area contributed by atoms with Crippen LogP contribution in [0, 0.1) is 5.92 Å². The summed E-state index contributed by atoms with van der Waals surface area (Å²) < 4.78 is 0. The third-order valence-electron chi connectivity index (χ3n) is 2.81. The highest BCUT2D eigenvalue weighted by Crippen LogP contribution is 2.08. The van der Waals surface area contributed by atoms with Crippen LogP contribution in [0.5, 0.6) is 0 Å². The number of nitrogens with one attached hydrogen (secondary N) is 1. The van der Waals surface area contributed by atoms with Crippen molar-refractivity contribution in [2.75, 3.05) is 19.6 Å². The van der Waals surface area contributed by atoms with Gasteiger partial charge in [0.05, 0.1) is 0 Å². The third-order valence-corrected chi connectivity index (χ3v) is 2.81. The molecule has 0 spiro atoms. The predicted octanol–water partition coefficient (Wildman–Crippen LogP) is 1.16. The molecule has 16 heavy (non-hydrogen) atoms. The zero-order chi connectivity index (χ0) is 12.0. The smallest absolute Gasteiger partial charge is 0.232 e. The van der Waals surface area contributed by atoms with Gasteiger partial charge in [-0.3, -0.25) is 9.59 Å². The maximum Gasteiger partial charge on any atom is 0.232 e. The minimum Gasteiger partial charge on any atom is -0.356 e. The molecule has 0 aromatic heterocycles. The van der Waals surface area contributed by atoms with Crippen molar-refractivity contribution >= 4 is 11.8 Å². The van der Waals surface area contributed by atoms with Gasteiger partial charge in [0.1, 0.15) is 6.42 Å². The summed E-state index contributed by atoms with van der Waals surface area (Å²) in [5.41, 5.74) is 0. The van der Waals surface area contributed by atoms with Crippen molar-refractivity contribution in [3.8, 4) is 0 Å². The summed E-state index contributed by atoms with van der Waals surface area (Å²) in [4.78, 5) is 24.8. The van der Waals surface area contributed by atoms with Crippen LogP contribution in [-0.4, -0.2) is 36.3 Å². The van der Waals surface area contributed by atoms with Gasteiger partial charge in [-0.1, -0.05) is 13.8 Å². The van der Waals surface area contributed by atoms with E-state index >= 15 is 0 Å². The lowest BCUT2D eigenvalue weighted by molar-refractivity contribution is -0.135. The zero-order valence-corrected chi connectivity index (χ0v) is 10.3. The van der Waals surface area contributed by atoms with Gasteiger partial charge in [0.15, 0.2) is 0 Å². The Morgan fingerprint density at radius 3 is 2.44 bits per heavy atom. The van der Waals surface area contributed by atoms with E-state index in [9.17, 15) is 9.59 Å². The second kappa shape index (κ2) is 6.51. The van der Waals surface area contributed by atoms with Gasteiger partial charge in [-0.25, -0.2) is 0 Å². The highest BCUT2D eigenvalue weighted by Gasteiger charge is 2.19. The first-order valence-corrected chi connectivity index (χ1v) is 6.14. The Balaban J connectivity index is 2.15. The molecule has 1 rings (SSSR count). The lowest BCUT2D eigenvalue weighted by Crippen LogP contribution is -2.34. The third kappa shape index (κ3) is 4.64. The highest BCUT2D eigenvalue weighted by atomic mass is 16.2. The second-order valence-electron chi connectivity index (χ2n) is 4.80. The number of hydrogen-bond donors (Lipinski definition) is 1. The average molecular weight is 226 g/mol. The molecule has 0 aliphatic carbocycles. The minimum absolute atomic E-state index is 0.0120. The molecule has 0 bridgehead atoms. The molecule has 2 amide bonds. The maximum absolute atomic E-state index is 11.6. The van der Waals surface area contributed by atoms with E-state index < -0.39 is 0 Å². The van der Waals surface area contributed by atoms with Crippen LogP contribution in [0.2, 0.25) is 0 Å². The number of hydrogen-bond acceptors (Lipinski definition) is 2. The number of amides is 2. The van der Waals surface area contributed by atoms with E-state index in [0.29, 0.717) is 12.5 Å². The quantitative estimate of drug-likeness (QED) is 0.715. The van der Waals surface area contributed by atoms with Crippen molar-refractivity contribution in [2.45, 2.75) is 39.5 Å². The number of carbonyl (C=O) groups excluding carboxylic acids is 2. The standard InChI is InChI=1S/C12H22N2O2/c1-10(2)5-6-13-11(15)9-12(16)14-7-3-4-8-14/h10H,3-9H2,1-2H3,(H,13,15). The van der Waals surface area contributed by atoms with Crippen molar-refractivity contribution in [2.24, 2.45) is 5.92 Å². The van der Waals surface area contributed by atoms with E-state index in [1.165, 1.54) is 0 Å². The molecule has 1 aliphatic rings. The molecular formula is C12H22N2O2. The molecule has 0 atom stereocenters. The first kappa shape index (κ1) is 13.0.